The largest absolute Gasteiger partial charge is 0.378 e. The van der Waals surface area contributed by atoms with Crippen LogP contribution in [0.3, 0.4) is 0 Å². The molecule has 1 aliphatic heterocycles. The molecule has 4 rings (SSSR count). The van der Waals surface area contributed by atoms with Gasteiger partial charge in [-0.3, -0.25) is 19.2 Å². The van der Waals surface area contributed by atoms with Gasteiger partial charge >= 0.3 is 0 Å². The molecule has 204 valence electrons. The molecule has 0 radical (unpaired) electrons. The van der Waals surface area contributed by atoms with Crippen LogP contribution in [-0.4, -0.2) is 58.3 Å². The van der Waals surface area contributed by atoms with E-state index >= 15 is 0 Å². The molecule has 0 unspecified atom stereocenters. The van der Waals surface area contributed by atoms with Crippen LogP contribution >= 0.6 is 0 Å². The van der Waals surface area contributed by atoms with E-state index in [0.717, 1.165) is 15.4 Å². The molecule has 3 aromatic rings. The molecule has 11 nitrogen and oxygen atoms in total. The maximum Gasteiger partial charge on any atom is 0.270 e. The van der Waals surface area contributed by atoms with Gasteiger partial charge in [-0.1, -0.05) is 35.4 Å². The maximum absolute atomic E-state index is 13.5. The summed E-state index contributed by atoms with van der Waals surface area (Å²) in [6.45, 7) is 5.46. The summed E-state index contributed by atoms with van der Waals surface area (Å²) in [6, 6.07) is 17.6. The van der Waals surface area contributed by atoms with Crippen molar-refractivity contribution in [3.63, 3.8) is 0 Å². The second-order valence-corrected chi connectivity index (χ2v) is 10.9. The molecule has 1 fully saturated rings. The minimum atomic E-state index is -4.07. The topological polar surface area (TPSA) is 134 Å². The summed E-state index contributed by atoms with van der Waals surface area (Å²) in [5.74, 6) is -0.680. The predicted molar refractivity (Wildman–Crippen MR) is 149 cm³/mol. The summed E-state index contributed by atoms with van der Waals surface area (Å²) >= 11 is 0. The van der Waals surface area contributed by atoms with Gasteiger partial charge in [0.1, 0.15) is 6.54 Å². The number of nitrogens with one attached hydrogen (secondary N) is 1. The summed E-state index contributed by atoms with van der Waals surface area (Å²) in [5, 5.41) is 15.3. The Kier molecular flexibility index (Phi) is 8.57. The number of hydrogen-bond donors (Lipinski definition) is 1. The molecular weight excluding hydrogens is 522 g/mol. The summed E-state index contributed by atoms with van der Waals surface area (Å²) in [5.41, 5.74) is 5.57. The zero-order valence-electron chi connectivity index (χ0n) is 21.6. The van der Waals surface area contributed by atoms with E-state index < -0.39 is 27.4 Å². The normalized spacial score (nSPS) is 13.8. The minimum Gasteiger partial charge on any atom is -0.378 e. The summed E-state index contributed by atoms with van der Waals surface area (Å²) < 4.78 is 33.4. The lowest BCUT2D eigenvalue weighted by atomic mass is 10.1. The Bertz CT molecular complexity index is 1470. The number of nitro benzene ring substituents is 1. The maximum atomic E-state index is 13.5. The lowest BCUT2D eigenvalue weighted by molar-refractivity contribution is -0.384. The highest BCUT2D eigenvalue weighted by molar-refractivity contribution is 7.92. The van der Waals surface area contributed by atoms with E-state index in [0.29, 0.717) is 43.2 Å². The number of carbonyl (C=O) groups excluding carboxylic acids is 1. The van der Waals surface area contributed by atoms with E-state index in [-0.39, 0.29) is 10.6 Å². The van der Waals surface area contributed by atoms with Crippen LogP contribution < -0.4 is 14.6 Å². The summed E-state index contributed by atoms with van der Waals surface area (Å²) in [6.07, 6.45) is 1.32. The van der Waals surface area contributed by atoms with Crippen molar-refractivity contribution < 1.29 is 22.9 Å². The molecule has 0 aromatic heterocycles. The fourth-order valence-electron chi connectivity index (χ4n) is 4.05. The van der Waals surface area contributed by atoms with Crippen LogP contribution in [0.5, 0.6) is 0 Å². The molecule has 1 N–H and O–H groups in total. The van der Waals surface area contributed by atoms with E-state index in [1.165, 1.54) is 30.5 Å². The number of hydrogen-bond acceptors (Lipinski definition) is 8. The zero-order valence-corrected chi connectivity index (χ0v) is 22.4. The Hall–Kier alpha value is -4.29. The van der Waals surface area contributed by atoms with Gasteiger partial charge in [0, 0.05) is 36.5 Å². The first-order chi connectivity index (χ1) is 18.6. The van der Waals surface area contributed by atoms with Crippen molar-refractivity contribution in [2.75, 3.05) is 42.1 Å². The Morgan fingerprint density at radius 1 is 1.05 bits per heavy atom. The number of non-ortho nitro benzene ring substituents is 1. The lowest BCUT2D eigenvalue weighted by Gasteiger charge is -2.29. The van der Waals surface area contributed by atoms with Crippen molar-refractivity contribution >= 4 is 39.2 Å². The molecular formula is C27H29N5O6S. The molecule has 1 aliphatic rings. The Balaban J connectivity index is 1.57. The standard InChI is InChI=1S/C27H29N5O6S/c1-20-3-7-23(8-4-20)31(39(36,37)25-10-5-21(2)6-11-25)19-27(33)29-28-18-22-17-24(32(34)35)9-12-26(22)30-13-15-38-16-14-30/h3-12,17-18H,13-16,19H2,1-2H3,(H,29,33)/b28-18-. The molecule has 0 saturated carbocycles. The number of ether oxygens (including phenoxy) is 1. The Labute approximate surface area is 226 Å². The quantitative estimate of drug-likeness (QED) is 0.245. The molecule has 12 heteroatoms. The lowest BCUT2D eigenvalue weighted by Crippen LogP contribution is -2.39. The number of morpholine rings is 1. The van der Waals surface area contributed by atoms with E-state index in [1.807, 2.05) is 18.7 Å². The van der Waals surface area contributed by atoms with Crippen LogP contribution in [0, 0.1) is 24.0 Å². The van der Waals surface area contributed by atoms with Gasteiger partial charge in [-0.15, -0.1) is 0 Å². The molecule has 0 bridgehead atoms. The molecule has 0 aliphatic carbocycles. The van der Waals surface area contributed by atoms with Gasteiger partial charge in [-0.05, 0) is 44.2 Å². The second kappa shape index (κ2) is 12.0. The van der Waals surface area contributed by atoms with Crippen molar-refractivity contribution in [3.8, 4) is 0 Å². The Morgan fingerprint density at radius 2 is 1.67 bits per heavy atom. The monoisotopic (exact) mass is 551 g/mol. The van der Waals surface area contributed by atoms with Gasteiger partial charge in [0.25, 0.3) is 21.6 Å². The molecule has 1 amide bonds. The zero-order chi connectivity index (χ0) is 28.0. The van der Waals surface area contributed by atoms with Gasteiger partial charge in [0.2, 0.25) is 0 Å². The molecule has 1 heterocycles. The van der Waals surface area contributed by atoms with Crippen LogP contribution in [-0.2, 0) is 19.6 Å². The van der Waals surface area contributed by atoms with Crippen molar-refractivity contribution in [1.82, 2.24) is 5.43 Å². The number of rotatable bonds is 9. The molecule has 39 heavy (non-hydrogen) atoms. The van der Waals surface area contributed by atoms with Crippen LogP contribution in [0.2, 0.25) is 0 Å². The number of hydrazone groups is 1. The average Bonchev–Trinajstić information content (AvgIpc) is 2.93. The summed E-state index contributed by atoms with van der Waals surface area (Å²) in [7, 11) is -4.07. The third-order valence-corrected chi connectivity index (χ3v) is 7.97. The van der Waals surface area contributed by atoms with E-state index in [9.17, 15) is 23.3 Å². The van der Waals surface area contributed by atoms with E-state index in [2.05, 4.69) is 10.5 Å². The number of nitro groups is 1. The number of aryl methyl sites for hydroxylation is 2. The second-order valence-electron chi connectivity index (χ2n) is 9.05. The first-order valence-electron chi connectivity index (χ1n) is 12.2. The fourth-order valence-corrected chi connectivity index (χ4v) is 5.48. The van der Waals surface area contributed by atoms with E-state index in [4.69, 9.17) is 4.74 Å². The third-order valence-electron chi connectivity index (χ3n) is 6.18. The Morgan fingerprint density at radius 3 is 2.28 bits per heavy atom. The van der Waals surface area contributed by atoms with Gasteiger partial charge in [0.15, 0.2) is 0 Å². The van der Waals surface area contributed by atoms with Crippen molar-refractivity contribution in [1.29, 1.82) is 0 Å². The number of anilines is 2. The van der Waals surface area contributed by atoms with Gasteiger partial charge in [0.05, 0.1) is 34.9 Å². The SMILES string of the molecule is Cc1ccc(N(CC(=O)N/N=C\c2cc([N+](=O)[O-])ccc2N2CCOCC2)S(=O)(=O)c2ccc(C)cc2)cc1. The van der Waals surface area contributed by atoms with Crippen LogP contribution in [0.25, 0.3) is 0 Å². The number of benzene rings is 3. The fraction of sp³-hybridized carbons (Fsp3) is 0.259. The van der Waals surface area contributed by atoms with Crippen molar-refractivity contribution in [2.24, 2.45) is 5.10 Å². The molecule has 0 atom stereocenters. The highest BCUT2D eigenvalue weighted by atomic mass is 32.2. The molecule has 0 spiro atoms. The first kappa shape index (κ1) is 27.7. The van der Waals surface area contributed by atoms with Crippen LogP contribution in [0.1, 0.15) is 16.7 Å². The van der Waals surface area contributed by atoms with Crippen molar-refractivity contribution in [2.45, 2.75) is 18.7 Å². The van der Waals surface area contributed by atoms with Crippen molar-refractivity contribution in [3.05, 3.63) is 93.5 Å². The van der Waals surface area contributed by atoms with Crippen LogP contribution in [0.15, 0.2) is 76.7 Å². The highest BCUT2D eigenvalue weighted by Crippen LogP contribution is 2.26. The number of nitrogens with zero attached hydrogens (tertiary/aromatic N) is 4. The smallest absolute Gasteiger partial charge is 0.270 e. The van der Waals surface area contributed by atoms with Crippen LogP contribution in [0.4, 0.5) is 17.1 Å². The molecule has 3 aromatic carbocycles. The average molecular weight is 552 g/mol. The minimum absolute atomic E-state index is 0.0525. The highest BCUT2D eigenvalue weighted by Gasteiger charge is 2.27. The van der Waals surface area contributed by atoms with Gasteiger partial charge in [-0.2, -0.15) is 5.10 Å². The predicted octanol–water partition coefficient (Wildman–Crippen LogP) is 3.39. The van der Waals surface area contributed by atoms with Gasteiger partial charge < -0.3 is 9.64 Å². The molecule has 1 saturated heterocycles. The number of carbonyl (C=O) groups is 1. The third kappa shape index (κ3) is 6.78. The number of sulfonamides is 1. The van der Waals surface area contributed by atoms with E-state index in [1.54, 1.807) is 42.5 Å². The van der Waals surface area contributed by atoms with Gasteiger partial charge in [-0.25, -0.2) is 13.8 Å². The first-order valence-corrected chi connectivity index (χ1v) is 13.7. The summed E-state index contributed by atoms with van der Waals surface area (Å²) in [4.78, 5) is 25.8. The number of amides is 1.